The van der Waals surface area contributed by atoms with Gasteiger partial charge in [-0.05, 0) is 37.5 Å². The summed E-state index contributed by atoms with van der Waals surface area (Å²) in [5.41, 5.74) is 1.67. The zero-order valence-electron chi connectivity index (χ0n) is 10.5. The van der Waals surface area contributed by atoms with Crippen molar-refractivity contribution in [3.8, 4) is 0 Å². The molecule has 96 valence electrons. The van der Waals surface area contributed by atoms with E-state index in [-0.39, 0.29) is 11.5 Å². The molecule has 1 saturated heterocycles. The van der Waals surface area contributed by atoms with Crippen LogP contribution in [0.25, 0.3) is 0 Å². The second-order valence-corrected chi connectivity index (χ2v) is 4.61. The molecule has 0 aliphatic carbocycles. The van der Waals surface area contributed by atoms with Gasteiger partial charge in [0.1, 0.15) is 0 Å². The van der Waals surface area contributed by atoms with Crippen molar-refractivity contribution in [1.29, 1.82) is 0 Å². The predicted octanol–water partition coefficient (Wildman–Crippen LogP) is 2.60. The second kappa shape index (κ2) is 5.21. The summed E-state index contributed by atoms with van der Waals surface area (Å²) in [5, 5.41) is 9.11. The highest BCUT2D eigenvalue weighted by Gasteiger charge is 2.21. The van der Waals surface area contributed by atoms with E-state index in [1.807, 2.05) is 6.07 Å². The van der Waals surface area contributed by atoms with Gasteiger partial charge < -0.3 is 10.0 Å². The van der Waals surface area contributed by atoms with Crippen molar-refractivity contribution < 1.29 is 14.7 Å². The van der Waals surface area contributed by atoms with Crippen LogP contribution >= 0.6 is 0 Å². The number of carbonyl (C=O) groups is 2. The number of aromatic carboxylic acids is 1. The van der Waals surface area contributed by atoms with E-state index in [1.165, 1.54) is 0 Å². The summed E-state index contributed by atoms with van der Waals surface area (Å²) in [4.78, 5) is 24.9. The first kappa shape index (κ1) is 12.6. The Morgan fingerprint density at radius 3 is 2.78 bits per heavy atom. The van der Waals surface area contributed by atoms with Crippen LogP contribution in [0.5, 0.6) is 0 Å². The fourth-order valence-corrected chi connectivity index (χ4v) is 2.38. The minimum absolute atomic E-state index is 0.0955. The molecule has 1 fully saturated rings. The molecule has 1 aromatic carbocycles. The Balaban J connectivity index is 2.40. The van der Waals surface area contributed by atoms with E-state index >= 15 is 0 Å². The molecule has 1 aliphatic heterocycles. The molecule has 1 aliphatic rings. The monoisotopic (exact) mass is 247 g/mol. The topological polar surface area (TPSA) is 57.6 Å². The van der Waals surface area contributed by atoms with E-state index in [2.05, 4.69) is 0 Å². The molecule has 0 radical (unpaired) electrons. The maximum absolute atomic E-state index is 12.0. The van der Waals surface area contributed by atoms with Crippen LogP contribution in [-0.2, 0) is 4.79 Å². The molecule has 18 heavy (non-hydrogen) atoms. The molecule has 4 heteroatoms. The van der Waals surface area contributed by atoms with Crippen molar-refractivity contribution in [3.63, 3.8) is 0 Å². The van der Waals surface area contributed by atoms with E-state index in [0.717, 1.165) is 24.9 Å². The van der Waals surface area contributed by atoms with Gasteiger partial charge in [0.2, 0.25) is 5.91 Å². The summed E-state index contributed by atoms with van der Waals surface area (Å²) < 4.78 is 0. The van der Waals surface area contributed by atoms with Crippen LogP contribution in [0.4, 0.5) is 5.69 Å². The van der Waals surface area contributed by atoms with E-state index in [0.29, 0.717) is 18.5 Å². The smallest absolute Gasteiger partial charge is 0.336 e. The number of nitrogens with zero attached hydrogens (tertiary/aromatic N) is 1. The van der Waals surface area contributed by atoms with Crippen LogP contribution in [0.3, 0.4) is 0 Å². The number of hydrogen-bond acceptors (Lipinski definition) is 2. The first-order valence-corrected chi connectivity index (χ1v) is 6.24. The first-order chi connectivity index (χ1) is 8.61. The van der Waals surface area contributed by atoms with E-state index in [9.17, 15) is 9.59 Å². The van der Waals surface area contributed by atoms with Crippen molar-refractivity contribution >= 4 is 17.6 Å². The number of amides is 1. The fourth-order valence-electron chi connectivity index (χ4n) is 2.38. The van der Waals surface area contributed by atoms with Crippen LogP contribution in [-0.4, -0.2) is 23.5 Å². The van der Waals surface area contributed by atoms with Gasteiger partial charge >= 0.3 is 5.97 Å². The van der Waals surface area contributed by atoms with E-state index in [4.69, 9.17) is 5.11 Å². The largest absolute Gasteiger partial charge is 0.478 e. The lowest BCUT2D eigenvalue weighted by Gasteiger charge is -2.23. The van der Waals surface area contributed by atoms with Crippen molar-refractivity contribution in [2.75, 3.05) is 11.4 Å². The summed E-state index contributed by atoms with van der Waals surface area (Å²) in [7, 11) is 0. The number of rotatable bonds is 2. The van der Waals surface area contributed by atoms with Gasteiger partial charge in [0.25, 0.3) is 0 Å². The van der Waals surface area contributed by atoms with Gasteiger partial charge in [0.15, 0.2) is 0 Å². The Labute approximate surface area is 106 Å². The van der Waals surface area contributed by atoms with Gasteiger partial charge in [-0.15, -0.1) is 0 Å². The van der Waals surface area contributed by atoms with Crippen LogP contribution in [0.1, 0.15) is 41.6 Å². The van der Waals surface area contributed by atoms with Gasteiger partial charge in [-0.2, -0.15) is 0 Å². The third kappa shape index (κ3) is 2.37. The number of hydrogen-bond donors (Lipinski definition) is 1. The highest BCUT2D eigenvalue weighted by molar-refractivity contribution is 5.97. The minimum atomic E-state index is -0.948. The van der Waals surface area contributed by atoms with Crippen molar-refractivity contribution in [2.45, 2.75) is 32.6 Å². The lowest BCUT2D eigenvalue weighted by molar-refractivity contribution is -0.118. The number of carboxylic acids is 1. The number of benzene rings is 1. The van der Waals surface area contributed by atoms with Gasteiger partial charge in [-0.1, -0.05) is 12.5 Å². The molecule has 2 rings (SSSR count). The first-order valence-electron chi connectivity index (χ1n) is 6.24. The lowest BCUT2D eigenvalue weighted by atomic mass is 10.1. The molecule has 0 saturated carbocycles. The summed E-state index contributed by atoms with van der Waals surface area (Å²) in [6.45, 7) is 2.44. The second-order valence-electron chi connectivity index (χ2n) is 4.61. The lowest BCUT2D eigenvalue weighted by Crippen LogP contribution is -2.31. The molecule has 1 heterocycles. The summed E-state index contributed by atoms with van der Waals surface area (Å²) >= 11 is 0. The molecule has 0 spiro atoms. The average Bonchev–Trinajstić information content (AvgIpc) is 2.54. The molecule has 1 amide bonds. The maximum atomic E-state index is 12.0. The molecule has 0 atom stereocenters. The fraction of sp³-hybridized carbons (Fsp3) is 0.429. The van der Waals surface area contributed by atoms with E-state index < -0.39 is 5.97 Å². The van der Waals surface area contributed by atoms with Crippen molar-refractivity contribution in [1.82, 2.24) is 0 Å². The molecule has 1 N–H and O–H groups in total. The van der Waals surface area contributed by atoms with Gasteiger partial charge in [0.05, 0.1) is 5.56 Å². The molecule has 1 aromatic rings. The zero-order valence-corrected chi connectivity index (χ0v) is 10.5. The molecule has 4 nitrogen and oxygen atoms in total. The van der Waals surface area contributed by atoms with Crippen LogP contribution in [0.15, 0.2) is 18.2 Å². The third-order valence-corrected chi connectivity index (χ3v) is 3.40. The Morgan fingerprint density at radius 2 is 2.06 bits per heavy atom. The minimum Gasteiger partial charge on any atom is -0.478 e. The van der Waals surface area contributed by atoms with Crippen LogP contribution < -0.4 is 4.90 Å². The molecular weight excluding hydrogens is 230 g/mol. The van der Waals surface area contributed by atoms with Crippen molar-refractivity contribution in [3.05, 3.63) is 29.3 Å². The van der Waals surface area contributed by atoms with Gasteiger partial charge in [-0.3, -0.25) is 4.79 Å². The summed E-state index contributed by atoms with van der Waals surface area (Å²) in [6, 6.07) is 5.10. The van der Waals surface area contributed by atoms with Crippen LogP contribution in [0, 0.1) is 6.92 Å². The summed E-state index contributed by atoms with van der Waals surface area (Å²) in [6.07, 6.45) is 3.51. The molecule has 0 bridgehead atoms. The van der Waals surface area contributed by atoms with Gasteiger partial charge in [0, 0.05) is 18.7 Å². The normalized spacial score (nSPS) is 16.5. The Morgan fingerprint density at radius 1 is 1.28 bits per heavy atom. The summed E-state index contributed by atoms with van der Waals surface area (Å²) in [5.74, 6) is -0.852. The molecule has 0 unspecified atom stereocenters. The number of anilines is 1. The van der Waals surface area contributed by atoms with Crippen molar-refractivity contribution in [2.24, 2.45) is 0 Å². The standard InChI is InChI=1S/C14H17NO3/c1-10-11(14(17)18)6-5-7-12(10)15-9-4-2-3-8-13(15)16/h5-7H,2-4,8-9H2,1H3,(H,17,18). The number of carboxylic acid groups (broad SMARTS) is 1. The Hall–Kier alpha value is -1.84. The third-order valence-electron chi connectivity index (χ3n) is 3.40. The zero-order chi connectivity index (χ0) is 13.1. The SMILES string of the molecule is Cc1c(C(=O)O)cccc1N1CCCCCC1=O. The van der Waals surface area contributed by atoms with Gasteiger partial charge in [-0.25, -0.2) is 4.79 Å². The molecular formula is C14H17NO3. The number of carbonyl (C=O) groups excluding carboxylic acids is 1. The Kier molecular flexibility index (Phi) is 3.65. The highest BCUT2D eigenvalue weighted by Crippen LogP contribution is 2.26. The molecule has 0 aromatic heterocycles. The quantitative estimate of drug-likeness (QED) is 0.873. The highest BCUT2D eigenvalue weighted by atomic mass is 16.4. The van der Waals surface area contributed by atoms with Crippen LogP contribution in [0.2, 0.25) is 0 Å². The average molecular weight is 247 g/mol. The maximum Gasteiger partial charge on any atom is 0.336 e. The predicted molar refractivity (Wildman–Crippen MR) is 69.0 cm³/mol. The van der Waals surface area contributed by atoms with E-state index in [1.54, 1.807) is 24.0 Å². The Bertz CT molecular complexity index is 482.